The number of benzene rings is 2. The number of hydrogen-bond donors (Lipinski definition) is 2. The quantitative estimate of drug-likeness (QED) is 0.117. The smallest absolute Gasteiger partial charge is 0.407 e. The zero-order chi connectivity index (χ0) is 34.7. The fourth-order valence-corrected chi connectivity index (χ4v) is 7.22. The summed E-state index contributed by atoms with van der Waals surface area (Å²) in [5.74, 6) is 0.126. The molecule has 2 atom stereocenters. The highest BCUT2D eigenvalue weighted by Gasteiger charge is 2.32. The van der Waals surface area contributed by atoms with Gasteiger partial charge in [0.15, 0.2) is 6.35 Å². The molecule has 2 N–H and O–H groups in total. The minimum absolute atomic E-state index is 0.0351. The number of nitrogens with one attached hydrogen (secondary N) is 1. The second-order valence-electron chi connectivity index (χ2n) is 11.9. The molecule has 0 heterocycles. The van der Waals surface area contributed by atoms with Crippen LogP contribution in [0.2, 0.25) is 0 Å². The maximum atomic E-state index is 13.8. The van der Waals surface area contributed by atoms with Crippen molar-refractivity contribution in [3.05, 3.63) is 64.2 Å². The number of carbonyl (C=O) groups excluding carboxylic acids is 1. The average Bonchev–Trinajstić information content (AvgIpc) is 2.95. The van der Waals surface area contributed by atoms with Gasteiger partial charge in [-0.2, -0.15) is 4.31 Å². The van der Waals surface area contributed by atoms with Crippen LogP contribution in [-0.2, 0) is 34.8 Å². The molecule has 0 saturated carbocycles. The fourth-order valence-electron chi connectivity index (χ4n) is 4.28. The molecular weight excluding hydrogens is 641 g/mol. The molecule has 2 rings (SSSR count). The molecule has 258 valence electrons. The fraction of sp³-hybridized carbons (Fsp3) is 0.567. The van der Waals surface area contributed by atoms with Crippen molar-refractivity contribution in [2.75, 3.05) is 32.7 Å². The summed E-state index contributed by atoms with van der Waals surface area (Å²) in [4.78, 5) is 23.2. The molecular formula is C30H46N3O11PS. The lowest BCUT2D eigenvalue weighted by atomic mass is 10.0. The van der Waals surface area contributed by atoms with Crippen LogP contribution < -0.4 is 10.1 Å². The molecule has 0 fully saturated rings. The summed E-state index contributed by atoms with van der Waals surface area (Å²) in [6.45, 7) is 12.1. The first-order valence-corrected chi connectivity index (χ1v) is 18.1. The van der Waals surface area contributed by atoms with E-state index in [1.54, 1.807) is 34.6 Å². The molecule has 0 saturated heterocycles. The molecule has 0 aromatic heterocycles. The zero-order valence-corrected chi connectivity index (χ0v) is 29.1. The Hall–Kier alpha value is -3.07. The third kappa shape index (κ3) is 12.6. The Morgan fingerprint density at radius 3 is 2.07 bits per heavy atom. The standard InChI is InChI=1S/C30H46N3O11PS/c1-8-42-45(38,43-9-2)21-41-25-14-16-26(17-15-25)46(39,40)32(19-22(3)4)20-28(34)27(31-29(35)44-30(5,6)7)18-23-10-12-24(13-11-23)33(36)37/h10-17,22,27-28,34H,8-9,18-21H2,1-7H3,(H,31,35)/t27-,28+/m0/s1. The molecule has 0 spiro atoms. The first-order chi connectivity index (χ1) is 21.4. The van der Waals surface area contributed by atoms with Crippen LogP contribution in [0.25, 0.3) is 0 Å². The molecule has 16 heteroatoms. The van der Waals surface area contributed by atoms with Crippen molar-refractivity contribution < 1.29 is 46.3 Å². The summed E-state index contributed by atoms with van der Waals surface area (Å²) in [6.07, 6.45) is -2.53. The van der Waals surface area contributed by atoms with E-state index in [-0.39, 0.29) is 61.3 Å². The number of non-ortho nitro benzene ring substituents is 1. The van der Waals surface area contributed by atoms with Crippen LogP contribution in [0.1, 0.15) is 54.0 Å². The van der Waals surface area contributed by atoms with Gasteiger partial charge in [-0.3, -0.25) is 14.7 Å². The van der Waals surface area contributed by atoms with Crippen LogP contribution in [0.5, 0.6) is 5.75 Å². The topological polar surface area (TPSA) is 184 Å². The Morgan fingerprint density at radius 2 is 1.59 bits per heavy atom. The number of amides is 1. The number of hydrogen-bond acceptors (Lipinski definition) is 11. The van der Waals surface area contributed by atoms with Crippen LogP contribution in [0.15, 0.2) is 53.4 Å². The molecule has 2 aromatic carbocycles. The molecule has 0 bridgehead atoms. The van der Waals surface area contributed by atoms with Crippen LogP contribution in [-0.4, -0.2) is 79.2 Å². The predicted octanol–water partition coefficient (Wildman–Crippen LogP) is 5.34. The van der Waals surface area contributed by atoms with E-state index in [2.05, 4.69) is 5.32 Å². The van der Waals surface area contributed by atoms with Gasteiger partial charge in [-0.1, -0.05) is 26.0 Å². The number of carbonyl (C=O) groups is 1. The third-order valence-corrected chi connectivity index (χ3v) is 9.83. The SMILES string of the molecule is CCOP(=O)(COc1ccc(S(=O)(=O)N(CC(C)C)C[C@@H](O)[C@H](Cc2ccc([N+](=O)[O-])cc2)NC(=O)OC(C)(C)C)cc1)OCC. The van der Waals surface area contributed by atoms with Gasteiger partial charge in [-0.15, -0.1) is 0 Å². The van der Waals surface area contributed by atoms with Crippen molar-refractivity contribution in [2.45, 2.75) is 77.5 Å². The van der Waals surface area contributed by atoms with E-state index in [1.165, 1.54) is 48.5 Å². The van der Waals surface area contributed by atoms with Gasteiger partial charge in [0.2, 0.25) is 10.0 Å². The van der Waals surface area contributed by atoms with Gasteiger partial charge in [-0.05, 0) is 76.8 Å². The molecule has 0 aliphatic rings. The molecule has 0 unspecified atom stereocenters. The lowest BCUT2D eigenvalue weighted by molar-refractivity contribution is -0.384. The number of sulfonamides is 1. The number of nitrogens with zero attached hydrogens (tertiary/aromatic N) is 2. The molecule has 46 heavy (non-hydrogen) atoms. The number of rotatable bonds is 18. The average molecular weight is 688 g/mol. The minimum atomic E-state index is -4.15. The predicted molar refractivity (Wildman–Crippen MR) is 172 cm³/mol. The molecule has 1 amide bonds. The lowest BCUT2D eigenvalue weighted by Crippen LogP contribution is -2.51. The van der Waals surface area contributed by atoms with Crippen LogP contribution >= 0.6 is 7.60 Å². The number of aliphatic hydroxyl groups is 1. The van der Waals surface area contributed by atoms with Gasteiger partial charge in [0.25, 0.3) is 5.69 Å². The number of nitro groups is 1. The largest absolute Gasteiger partial charge is 0.481 e. The molecule has 14 nitrogen and oxygen atoms in total. The summed E-state index contributed by atoms with van der Waals surface area (Å²) >= 11 is 0. The van der Waals surface area contributed by atoms with Gasteiger partial charge in [-0.25, -0.2) is 13.2 Å². The normalized spacial score (nSPS) is 13.8. The number of aliphatic hydroxyl groups excluding tert-OH is 1. The molecule has 0 radical (unpaired) electrons. The van der Waals surface area contributed by atoms with Gasteiger partial charge < -0.3 is 28.9 Å². The van der Waals surface area contributed by atoms with E-state index in [0.29, 0.717) is 5.56 Å². The van der Waals surface area contributed by atoms with E-state index in [0.717, 1.165) is 4.31 Å². The van der Waals surface area contributed by atoms with Gasteiger partial charge in [0, 0.05) is 25.2 Å². The Labute approximate surface area is 271 Å². The van der Waals surface area contributed by atoms with Gasteiger partial charge in [0.05, 0.1) is 35.2 Å². The highest BCUT2D eigenvalue weighted by molar-refractivity contribution is 7.89. The Morgan fingerprint density at radius 1 is 1.02 bits per heavy atom. The summed E-state index contributed by atoms with van der Waals surface area (Å²) in [7, 11) is -7.64. The van der Waals surface area contributed by atoms with E-state index < -0.39 is 46.4 Å². The first-order valence-electron chi connectivity index (χ1n) is 14.9. The summed E-state index contributed by atoms with van der Waals surface area (Å²) in [6, 6.07) is 10.1. The zero-order valence-electron chi connectivity index (χ0n) is 27.4. The van der Waals surface area contributed by atoms with E-state index in [1.807, 2.05) is 13.8 Å². The van der Waals surface area contributed by atoms with Crippen molar-refractivity contribution >= 4 is 29.4 Å². The first kappa shape index (κ1) is 39.1. The van der Waals surface area contributed by atoms with Crippen molar-refractivity contribution in [2.24, 2.45) is 5.92 Å². The second kappa shape index (κ2) is 17.2. The molecule has 0 aliphatic carbocycles. The molecule has 0 aliphatic heterocycles. The monoisotopic (exact) mass is 687 g/mol. The van der Waals surface area contributed by atoms with E-state index in [4.69, 9.17) is 18.5 Å². The number of nitro benzene ring substituents is 1. The number of ether oxygens (including phenoxy) is 2. The van der Waals surface area contributed by atoms with Crippen molar-refractivity contribution in [3.8, 4) is 5.75 Å². The number of alkyl carbamates (subject to hydrolysis) is 1. The highest BCUT2D eigenvalue weighted by atomic mass is 32.2. The maximum Gasteiger partial charge on any atom is 0.407 e. The Balaban J connectivity index is 2.31. The van der Waals surface area contributed by atoms with Gasteiger partial charge in [0.1, 0.15) is 11.4 Å². The van der Waals surface area contributed by atoms with E-state index >= 15 is 0 Å². The van der Waals surface area contributed by atoms with Crippen molar-refractivity contribution in [3.63, 3.8) is 0 Å². The Bertz CT molecular complexity index is 1420. The van der Waals surface area contributed by atoms with Crippen LogP contribution in [0.4, 0.5) is 10.5 Å². The summed E-state index contributed by atoms with van der Waals surface area (Å²) in [5.41, 5.74) is -0.388. The van der Waals surface area contributed by atoms with Gasteiger partial charge >= 0.3 is 13.7 Å². The lowest BCUT2D eigenvalue weighted by Gasteiger charge is -2.31. The summed E-state index contributed by atoms with van der Waals surface area (Å²) in [5, 5.41) is 25.1. The third-order valence-electron chi connectivity index (χ3n) is 6.23. The van der Waals surface area contributed by atoms with Crippen molar-refractivity contribution in [1.29, 1.82) is 0 Å². The van der Waals surface area contributed by atoms with E-state index in [9.17, 15) is 33.0 Å². The Kier molecular flexibility index (Phi) is 14.6. The molecule has 2 aromatic rings. The van der Waals surface area contributed by atoms with Crippen LogP contribution in [0.3, 0.4) is 0 Å². The minimum Gasteiger partial charge on any atom is -0.481 e. The highest BCUT2D eigenvalue weighted by Crippen LogP contribution is 2.47. The van der Waals surface area contributed by atoms with Crippen LogP contribution in [0, 0.1) is 16.0 Å². The second-order valence-corrected chi connectivity index (χ2v) is 15.8. The van der Waals surface area contributed by atoms with Crippen molar-refractivity contribution in [1.82, 2.24) is 9.62 Å². The summed E-state index contributed by atoms with van der Waals surface area (Å²) < 4.78 is 62.8. The maximum absolute atomic E-state index is 13.8.